The Morgan fingerprint density at radius 2 is 2.20 bits per heavy atom. The van der Waals surface area contributed by atoms with Crippen LogP contribution in [0.4, 0.5) is 5.00 Å². The van der Waals surface area contributed by atoms with Crippen molar-refractivity contribution in [2.75, 3.05) is 25.6 Å². The van der Waals surface area contributed by atoms with Gasteiger partial charge in [-0.25, -0.2) is 4.79 Å². The number of unbranched alkanes of at least 4 members (excludes halogenated alkanes) is 2. The number of carbonyl (C=O) groups excluding carboxylic acids is 2. The molecule has 158 valence electrons. The zero-order valence-corrected chi connectivity index (χ0v) is 17.9. The lowest BCUT2D eigenvalue weighted by atomic mass is 10.00. The first kappa shape index (κ1) is 21.8. The predicted molar refractivity (Wildman–Crippen MR) is 115 cm³/mol. The first-order chi connectivity index (χ1) is 14.6. The monoisotopic (exact) mass is 427 g/mol. The van der Waals surface area contributed by atoms with Crippen molar-refractivity contribution in [1.82, 2.24) is 5.32 Å². The number of rotatable bonds is 8. The highest BCUT2D eigenvalue weighted by Crippen LogP contribution is 2.39. The maximum Gasteiger partial charge on any atom is 0.328 e. The molecule has 8 heteroatoms. The van der Waals surface area contributed by atoms with Gasteiger partial charge in [-0.05, 0) is 36.6 Å². The van der Waals surface area contributed by atoms with Gasteiger partial charge in [0.15, 0.2) is 0 Å². The van der Waals surface area contributed by atoms with Crippen LogP contribution >= 0.6 is 11.3 Å². The van der Waals surface area contributed by atoms with E-state index in [1.807, 2.05) is 0 Å². The van der Waals surface area contributed by atoms with Crippen molar-refractivity contribution in [3.05, 3.63) is 45.8 Å². The van der Waals surface area contributed by atoms with Gasteiger partial charge in [0.05, 0.1) is 19.3 Å². The molecule has 2 aromatic rings. The van der Waals surface area contributed by atoms with Gasteiger partial charge < -0.3 is 14.8 Å². The minimum absolute atomic E-state index is 0.337. The number of methoxy groups -OCH3 is 1. The molecule has 0 aliphatic carbocycles. The van der Waals surface area contributed by atoms with Crippen molar-refractivity contribution in [3.63, 3.8) is 0 Å². The number of benzene rings is 1. The summed E-state index contributed by atoms with van der Waals surface area (Å²) in [6.45, 7) is 3.04. The Morgan fingerprint density at radius 1 is 1.37 bits per heavy atom. The SMILES string of the molecule is CCCCCOC(=O)C1NCCc2c1sc(NC(=O)c1cccc(OC)c1)c2C#N. The lowest BCUT2D eigenvalue weighted by Gasteiger charge is -2.22. The van der Waals surface area contributed by atoms with Gasteiger partial charge in [-0.1, -0.05) is 25.8 Å². The first-order valence-corrected chi connectivity index (χ1v) is 10.8. The summed E-state index contributed by atoms with van der Waals surface area (Å²) in [6, 6.07) is 8.37. The van der Waals surface area contributed by atoms with Crippen LogP contribution < -0.4 is 15.4 Å². The average Bonchev–Trinajstić information content (AvgIpc) is 3.13. The van der Waals surface area contributed by atoms with Crippen LogP contribution in [0.1, 0.15) is 58.6 Å². The van der Waals surface area contributed by atoms with Gasteiger partial charge in [-0.3, -0.25) is 10.1 Å². The number of hydrogen-bond donors (Lipinski definition) is 2. The summed E-state index contributed by atoms with van der Waals surface area (Å²) >= 11 is 1.25. The molecule has 1 aromatic carbocycles. The summed E-state index contributed by atoms with van der Waals surface area (Å²) in [7, 11) is 1.53. The van der Waals surface area contributed by atoms with Crippen LogP contribution in [0.25, 0.3) is 0 Å². The molecule has 2 heterocycles. The molecule has 1 atom stereocenters. The average molecular weight is 428 g/mol. The van der Waals surface area contributed by atoms with E-state index < -0.39 is 6.04 Å². The lowest BCUT2D eigenvalue weighted by Crippen LogP contribution is -2.35. The van der Waals surface area contributed by atoms with Crippen LogP contribution in [0.15, 0.2) is 24.3 Å². The molecular weight excluding hydrogens is 402 g/mol. The van der Waals surface area contributed by atoms with E-state index >= 15 is 0 Å². The Bertz CT molecular complexity index is 964. The number of nitrogens with zero attached hydrogens (tertiary/aromatic N) is 1. The van der Waals surface area contributed by atoms with Gasteiger partial charge >= 0.3 is 5.97 Å². The Kier molecular flexibility index (Phi) is 7.44. The quantitative estimate of drug-likeness (QED) is 0.491. The minimum Gasteiger partial charge on any atom is -0.497 e. The van der Waals surface area contributed by atoms with Gasteiger partial charge in [-0.15, -0.1) is 11.3 Å². The molecule has 0 spiro atoms. The highest BCUT2D eigenvalue weighted by molar-refractivity contribution is 7.17. The van der Waals surface area contributed by atoms with Crippen LogP contribution in [0, 0.1) is 11.3 Å². The maximum absolute atomic E-state index is 12.7. The molecule has 0 saturated heterocycles. The summed E-state index contributed by atoms with van der Waals surface area (Å²) in [5.41, 5.74) is 1.64. The molecule has 0 fully saturated rings. The van der Waals surface area contributed by atoms with Crippen LogP contribution in [0.5, 0.6) is 5.75 Å². The van der Waals surface area contributed by atoms with Crippen molar-refractivity contribution in [1.29, 1.82) is 5.26 Å². The number of nitriles is 1. The second-order valence-corrected chi connectivity index (χ2v) is 8.01. The standard InChI is InChI=1S/C22H25N3O4S/c1-3-4-5-11-29-22(27)18-19-16(9-10-24-18)17(13-23)21(30-19)25-20(26)14-7-6-8-15(12-14)28-2/h6-8,12,18,24H,3-5,9-11H2,1-2H3,(H,25,26). The number of anilines is 1. The predicted octanol–water partition coefficient (Wildman–Crippen LogP) is 3.80. The number of amides is 1. The third-order valence-electron chi connectivity index (χ3n) is 4.92. The Hall–Kier alpha value is -2.89. The number of ether oxygens (including phenoxy) is 2. The topological polar surface area (TPSA) is 100 Å². The molecule has 1 aliphatic heterocycles. The number of carbonyl (C=O) groups is 2. The highest BCUT2D eigenvalue weighted by atomic mass is 32.1. The van der Waals surface area contributed by atoms with E-state index in [1.54, 1.807) is 24.3 Å². The number of hydrogen-bond acceptors (Lipinski definition) is 7. The number of nitrogens with one attached hydrogen (secondary N) is 2. The molecule has 0 radical (unpaired) electrons. The fraction of sp³-hybridized carbons (Fsp3) is 0.409. The summed E-state index contributed by atoms with van der Waals surface area (Å²) in [5, 5.41) is 16.2. The van der Waals surface area contributed by atoms with Crippen molar-refractivity contribution in [2.24, 2.45) is 0 Å². The second kappa shape index (κ2) is 10.2. The molecule has 1 unspecified atom stereocenters. The molecule has 1 aliphatic rings. The first-order valence-electron chi connectivity index (χ1n) is 10.00. The molecule has 0 bridgehead atoms. The summed E-state index contributed by atoms with van der Waals surface area (Å²) in [5.74, 6) is -0.108. The number of esters is 1. The fourth-order valence-electron chi connectivity index (χ4n) is 3.34. The van der Waals surface area contributed by atoms with Gasteiger partial charge in [0.2, 0.25) is 0 Å². The molecule has 7 nitrogen and oxygen atoms in total. The maximum atomic E-state index is 12.7. The van der Waals surface area contributed by atoms with Crippen LogP contribution in [-0.4, -0.2) is 32.1 Å². The van der Waals surface area contributed by atoms with Crippen molar-refractivity contribution in [3.8, 4) is 11.8 Å². The van der Waals surface area contributed by atoms with Crippen molar-refractivity contribution in [2.45, 2.75) is 38.6 Å². The fourth-order valence-corrected chi connectivity index (χ4v) is 4.60. The largest absolute Gasteiger partial charge is 0.497 e. The summed E-state index contributed by atoms with van der Waals surface area (Å²) in [4.78, 5) is 26.0. The third kappa shape index (κ3) is 4.81. The molecular formula is C22H25N3O4S. The third-order valence-corrected chi connectivity index (χ3v) is 6.13. The van der Waals surface area contributed by atoms with Crippen molar-refractivity contribution < 1.29 is 19.1 Å². The molecule has 3 rings (SSSR count). The highest BCUT2D eigenvalue weighted by Gasteiger charge is 2.33. The molecule has 2 N–H and O–H groups in total. The summed E-state index contributed by atoms with van der Waals surface area (Å²) < 4.78 is 10.6. The molecule has 1 aromatic heterocycles. The van der Waals surface area contributed by atoms with E-state index in [-0.39, 0.29) is 11.9 Å². The van der Waals surface area contributed by atoms with E-state index in [0.29, 0.717) is 41.4 Å². The van der Waals surface area contributed by atoms with E-state index in [9.17, 15) is 14.9 Å². The normalized spacial score (nSPS) is 15.0. The number of fused-ring (bicyclic) bond motifs is 1. The molecule has 0 saturated carbocycles. The van der Waals surface area contributed by atoms with Gasteiger partial charge in [0.1, 0.15) is 22.9 Å². The van der Waals surface area contributed by atoms with Gasteiger partial charge in [0.25, 0.3) is 5.91 Å². The van der Waals surface area contributed by atoms with E-state index in [2.05, 4.69) is 23.6 Å². The summed E-state index contributed by atoms with van der Waals surface area (Å²) in [6.07, 6.45) is 3.51. The lowest BCUT2D eigenvalue weighted by molar-refractivity contribution is -0.146. The Morgan fingerprint density at radius 3 is 2.93 bits per heavy atom. The van der Waals surface area contributed by atoms with E-state index in [1.165, 1.54) is 18.4 Å². The van der Waals surface area contributed by atoms with E-state index in [4.69, 9.17) is 9.47 Å². The molecule has 1 amide bonds. The Balaban J connectivity index is 1.80. The van der Waals surface area contributed by atoms with Gasteiger partial charge in [-0.2, -0.15) is 5.26 Å². The van der Waals surface area contributed by atoms with Crippen LogP contribution in [-0.2, 0) is 16.0 Å². The second-order valence-electron chi connectivity index (χ2n) is 6.96. The van der Waals surface area contributed by atoms with E-state index in [0.717, 1.165) is 29.7 Å². The zero-order valence-electron chi connectivity index (χ0n) is 17.1. The minimum atomic E-state index is -0.616. The van der Waals surface area contributed by atoms with Gasteiger partial charge in [0, 0.05) is 17.0 Å². The van der Waals surface area contributed by atoms with Crippen LogP contribution in [0.2, 0.25) is 0 Å². The number of thiophene rings is 1. The zero-order chi connectivity index (χ0) is 21.5. The van der Waals surface area contributed by atoms with Crippen LogP contribution in [0.3, 0.4) is 0 Å². The smallest absolute Gasteiger partial charge is 0.328 e. The Labute approximate surface area is 180 Å². The van der Waals surface area contributed by atoms with Crippen molar-refractivity contribution >= 4 is 28.2 Å². The molecule has 30 heavy (non-hydrogen) atoms.